The summed E-state index contributed by atoms with van der Waals surface area (Å²) < 4.78 is 31.1. The molecule has 1 amide bonds. The zero-order valence-corrected chi connectivity index (χ0v) is 20.0. The third kappa shape index (κ3) is 4.94. The molecule has 0 saturated carbocycles. The molecule has 2 aromatic heterocycles. The highest BCUT2D eigenvalue weighted by Crippen LogP contribution is 2.26. The van der Waals surface area contributed by atoms with Crippen molar-refractivity contribution >= 4 is 32.3 Å². The lowest BCUT2D eigenvalue weighted by Gasteiger charge is -2.14. The van der Waals surface area contributed by atoms with Crippen molar-refractivity contribution in [3.8, 4) is 5.75 Å². The van der Waals surface area contributed by atoms with Gasteiger partial charge >= 0.3 is 0 Å². The number of rotatable bonds is 8. The zero-order chi connectivity index (χ0) is 24.3. The predicted octanol–water partition coefficient (Wildman–Crippen LogP) is 4.02. The first-order valence-electron chi connectivity index (χ1n) is 10.9. The second-order valence-electron chi connectivity index (χ2n) is 7.93. The van der Waals surface area contributed by atoms with E-state index >= 15 is 0 Å². The van der Waals surface area contributed by atoms with Crippen LogP contribution in [0.4, 0.5) is 5.69 Å². The standard InChI is InChI=1S/C25H26N4O4S/c1-4-34(31,32)22-8-5-18(6-9-22)13-25(30)28-20-7-10-24-19(14-20)16-27-29(24)17(2)23-15-21(33-3)11-12-26-23/h5-12,14-17H,4,13H2,1-3H3,(H,28,30). The highest BCUT2D eigenvalue weighted by molar-refractivity contribution is 7.91. The molecular formula is C25H26N4O4S. The van der Waals surface area contributed by atoms with Gasteiger partial charge in [0.2, 0.25) is 5.91 Å². The number of amides is 1. The summed E-state index contributed by atoms with van der Waals surface area (Å²) >= 11 is 0. The molecule has 8 nitrogen and oxygen atoms in total. The number of carbonyl (C=O) groups excluding carboxylic acids is 1. The Balaban J connectivity index is 1.47. The van der Waals surface area contributed by atoms with Gasteiger partial charge in [0.25, 0.3) is 0 Å². The van der Waals surface area contributed by atoms with Crippen LogP contribution in [-0.4, -0.2) is 42.0 Å². The maximum atomic E-state index is 12.5. The summed E-state index contributed by atoms with van der Waals surface area (Å²) in [5.74, 6) is 0.590. The minimum Gasteiger partial charge on any atom is -0.497 e. The molecule has 1 N–H and O–H groups in total. The topological polar surface area (TPSA) is 103 Å². The Morgan fingerprint density at radius 3 is 2.59 bits per heavy atom. The van der Waals surface area contributed by atoms with E-state index in [-0.39, 0.29) is 29.0 Å². The third-order valence-electron chi connectivity index (χ3n) is 5.69. The number of hydrogen-bond acceptors (Lipinski definition) is 6. The molecule has 0 fully saturated rings. The average Bonchev–Trinajstić information content (AvgIpc) is 3.27. The Morgan fingerprint density at radius 1 is 1.12 bits per heavy atom. The van der Waals surface area contributed by atoms with Crippen LogP contribution < -0.4 is 10.1 Å². The van der Waals surface area contributed by atoms with Crippen molar-refractivity contribution in [3.05, 3.63) is 78.2 Å². The molecule has 2 aromatic carbocycles. The van der Waals surface area contributed by atoms with Crippen molar-refractivity contribution in [1.29, 1.82) is 0 Å². The van der Waals surface area contributed by atoms with Crippen molar-refractivity contribution in [2.24, 2.45) is 0 Å². The normalized spacial score (nSPS) is 12.4. The Morgan fingerprint density at radius 2 is 1.88 bits per heavy atom. The smallest absolute Gasteiger partial charge is 0.228 e. The molecule has 1 atom stereocenters. The van der Waals surface area contributed by atoms with Gasteiger partial charge in [0.05, 0.1) is 47.6 Å². The number of fused-ring (bicyclic) bond motifs is 1. The van der Waals surface area contributed by atoms with Gasteiger partial charge < -0.3 is 10.1 Å². The minimum absolute atomic E-state index is 0.0424. The Bertz CT molecular complexity index is 1430. The molecule has 0 bridgehead atoms. The monoisotopic (exact) mass is 478 g/mol. The van der Waals surface area contributed by atoms with Gasteiger partial charge in [-0.05, 0) is 48.9 Å². The molecule has 4 rings (SSSR count). The van der Waals surface area contributed by atoms with Gasteiger partial charge in [-0.2, -0.15) is 5.10 Å². The molecule has 0 aliphatic carbocycles. The van der Waals surface area contributed by atoms with Crippen LogP contribution in [0.2, 0.25) is 0 Å². The molecular weight excluding hydrogens is 452 g/mol. The average molecular weight is 479 g/mol. The second kappa shape index (κ2) is 9.64. The first-order valence-corrected chi connectivity index (χ1v) is 12.5. The van der Waals surface area contributed by atoms with Crippen LogP contribution >= 0.6 is 0 Å². The maximum absolute atomic E-state index is 12.5. The van der Waals surface area contributed by atoms with Crippen LogP contribution in [0.5, 0.6) is 5.75 Å². The van der Waals surface area contributed by atoms with Gasteiger partial charge in [0.1, 0.15) is 5.75 Å². The lowest BCUT2D eigenvalue weighted by Crippen LogP contribution is -2.14. The molecule has 0 aliphatic heterocycles. The molecule has 9 heteroatoms. The van der Waals surface area contributed by atoms with Gasteiger partial charge in [-0.1, -0.05) is 19.1 Å². The summed E-state index contributed by atoms with van der Waals surface area (Å²) in [6.45, 7) is 3.62. The predicted molar refractivity (Wildman–Crippen MR) is 131 cm³/mol. The maximum Gasteiger partial charge on any atom is 0.228 e. The lowest BCUT2D eigenvalue weighted by atomic mass is 10.1. The fraction of sp³-hybridized carbons (Fsp3) is 0.240. The van der Waals surface area contributed by atoms with Crippen molar-refractivity contribution in [2.45, 2.75) is 31.2 Å². The van der Waals surface area contributed by atoms with Crippen molar-refractivity contribution < 1.29 is 17.9 Å². The van der Waals surface area contributed by atoms with E-state index in [1.807, 2.05) is 35.9 Å². The van der Waals surface area contributed by atoms with Crippen LogP contribution in [-0.2, 0) is 21.1 Å². The fourth-order valence-electron chi connectivity index (χ4n) is 3.72. The summed E-state index contributed by atoms with van der Waals surface area (Å²) in [5, 5.41) is 8.32. The number of hydrogen-bond donors (Lipinski definition) is 1. The van der Waals surface area contributed by atoms with Crippen LogP contribution in [0.1, 0.15) is 31.1 Å². The highest BCUT2D eigenvalue weighted by atomic mass is 32.2. The Hall–Kier alpha value is -3.72. The van der Waals surface area contributed by atoms with Crippen LogP contribution in [0.25, 0.3) is 10.9 Å². The summed E-state index contributed by atoms with van der Waals surface area (Å²) in [6, 6.07) is 15.6. The van der Waals surface area contributed by atoms with E-state index in [1.165, 1.54) is 0 Å². The number of carbonyl (C=O) groups is 1. The van der Waals surface area contributed by atoms with E-state index in [9.17, 15) is 13.2 Å². The molecule has 2 heterocycles. The molecule has 0 saturated heterocycles. The van der Waals surface area contributed by atoms with Crippen LogP contribution in [0.3, 0.4) is 0 Å². The quantitative estimate of drug-likeness (QED) is 0.410. The SMILES string of the molecule is CCS(=O)(=O)c1ccc(CC(=O)Nc2ccc3c(cnn3C(C)c3cc(OC)ccn3)c2)cc1. The number of aromatic nitrogens is 3. The molecule has 4 aromatic rings. The van der Waals surface area contributed by atoms with E-state index in [4.69, 9.17) is 4.74 Å². The number of benzene rings is 2. The zero-order valence-electron chi connectivity index (χ0n) is 19.2. The molecule has 0 aliphatic rings. The first-order chi connectivity index (χ1) is 16.3. The lowest BCUT2D eigenvalue weighted by molar-refractivity contribution is -0.115. The van der Waals surface area contributed by atoms with Gasteiger partial charge in [-0.25, -0.2) is 8.42 Å². The molecule has 1 unspecified atom stereocenters. The number of anilines is 1. The largest absolute Gasteiger partial charge is 0.497 e. The van der Waals surface area contributed by atoms with Gasteiger partial charge in [0, 0.05) is 23.3 Å². The van der Waals surface area contributed by atoms with Gasteiger partial charge in [-0.15, -0.1) is 0 Å². The summed E-state index contributed by atoms with van der Waals surface area (Å²) in [4.78, 5) is 17.2. The second-order valence-corrected chi connectivity index (χ2v) is 10.2. The molecule has 0 radical (unpaired) electrons. The van der Waals surface area contributed by atoms with Gasteiger partial charge in [0.15, 0.2) is 9.84 Å². The Kier molecular flexibility index (Phi) is 6.65. The van der Waals surface area contributed by atoms with E-state index in [0.29, 0.717) is 5.69 Å². The van der Waals surface area contributed by atoms with Crippen LogP contribution in [0.15, 0.2) is 71.9 Å². The van der Waals surface area contributed by atoms with Crippen molar-refractivity contribution in [1.82, 2.24) is 14.8 Å². The van der Waals surface area contributed by atoms with E-state index in [0.717, 1.165) is 27.9 Å². The van der Waals surface area contributed by atoms with E-state index in [1.54, 1.807) is 56.8 Å². The molecule has 34 heavy (non-hydrogen) atoms. The van der Waals surface area contributed by atoms with E-state index in [2.05, 4.69) is 15.4 Å². The number of pyridine rings is 1. The molecule has 176 valence electrons. The number of sulfone groups is 1. The Labute approximate surface area is 198 Å². The third-order valence-corrected chi connectivity index (χ3v) is 7.44. The highest BCUT2D eigenvalue weighted by Gasteiger charge is 2.15. The number of nitrogens with one attached hydrogen (secondary N) is 1. The van der Waals surface area contributed by atoms with Crippen molar-refractivity contribution in [3.63, 3.8) is 0 Å². The summed E-state index contributed by atoms with van der Waals surface area (Å²) in [7, 11) is -1.64. The number of nitrogens with zero attached hydrogens (tertiary/aromatic N) is 3. The minimum atomic E-state index is -3.26. The van der Waals surface area contributed by atoms with Crippen molar-refractivity contribution in [2.75, 3.05) is 18.2 Å². The number of methoxy groups -OCH3 is 1. The van der Waals surface area contributed by atoms with Gasteiger partial charge in [-0.3, -0.25) is 14.5 Å². The molecule has 0 spiro atoms. The van der Waals surface area contributed by atoms with Crippen LogP contribution in [0, 0.1) is 0 Å². The first kappa shape index (κ1) is 23.4. The van der Waals surface area contributed by atoms with E-state index < -0.39 is 9.84 Å². The summed E-state index contributed by atoms with van der Waals surface area (Å²) in [5.41, 5.74) is 3.15. The fourth-order valence-corrected chi connectivity index (χ4v) is 4.60. The number of ether oxygens (including phenoxy) is 1. The summed E-state index contributed by atoms with van der Waals surface area (Å²) in [6.07, 6.45) is 3.61.